The highest BCUT2D eigenvalue weighted by Crippen LogP contribution is 2.26. The van der Waals surface area contributed by atoms with Gasteiger partial charge in [-0.15, -0.1) is 0 Å². The summed E-state index contributed by atoms with van der Waals surface area (Å²) >= 11 is 0. The van der Waals surface area contributed by atoms with E-state index in [1.54, 1.807) is 64.5 Å². The first kappa shape index (κ1) is 33.4. The number of non-ortho nitro benzene ring substituents is 1. The van der Waals surface area contributed by atoms with Crippen LogP contribution in [0.4, 0.5) is 32.6 Å². The molecule has 16 heteroatoms. The number of anilines is 3. The summed E-state index contributed by atoms with van der Waals surface area (Å²) in [6.07, 6.45) is 3.09. The maximum Gasteiger partial charge on any atom is 0.323 e. The number of hydrogen-bond acceptors (Lipinski definition) is 11. The summed E-state index contributed by atoms with van der Waals surface area (Å²) in [7, 11) is 0. The van der Waals surface area contributed by atoms with E-state index in [-0.39, 0.29) is 17.7 Å². The molecule has 2 saturated heterocycles. The molecule has 0 bridgehead atoms. The van der Waals surface area contributed by atoms with Crippen LogP contribution in [-0.4, -0.2) is 89.4 Å². The Balaban J connectivity index is 0.000000188. The zero-order valence-electron chi connectivity index (χ0n) is 25.8. The van der Waals surface area contributed by atoms with Gasteiger partial charge in [-0.2, -0.15) is 0 Å². The molecule has 0 saturated carbocycles. The number of nitro groups is 1. The number of nitrogens with one attached hydrogen (secondary N) is 2. The molecule has 0 spiro atoms. The van der Waals surface area contributed by atoms with E-state index in [9.17, 15) is 19.7 Å². The van der Waals surface area contributed by atoms with Gasteiger partial charge in [0.15, 0.2) is 0 Å². The van der Waals surface area contributed by atoms with Gasteiger partial charge in [0.25, 0.3) is 5.69 Å². The van der Waals surface area contributed by atoms with Crippen molar-refractivity contribution in [3.8, 4) is 23.0 Å². The van der Waals surface area contributed by atoms with Crippen molar-refractivity contribution in [1.29, 1.82) is 0 Å². The van der Waals surface area contributed by atoms with Crippen LogP contribution in [0.1, 0.15) is 0 Å². The molecule has 0 aliphatic carbocycles. The summed E-state index contributed by atoms with van der Waals surface area (Å²) in [5.74, 6) is 2.95. The number of nitrogens with zero attached hydrogens (tertiary/aromatic N) is 5. The molecule has 4 aromatic rings. The smallest absolute Gasteiger partial charge is 0.323 e. The first-order chi connectivity index (χ1) is 23.3. The van der Waals surface area contributed by atoms with Crippen LogP contribution in [0.15, 0.2) is 85.2 Å². The number of nitrogen functional groups attached to an aromatic ring is 1. The van der Waals surface area contributed by atoms with Crippen molar-refractivity contribution >= 4 is 35.1 Å². The zero-order valence-corrected chi connectivity index (χ0v) is 25.8. The number of rotatable bonds is 7. The van der Waals surface area contributed by atoms with Gasteiger partial charge in [-0.05, 0) is 48.5 Å². The third kappa shape index (κ3) is 10.0. The van der Waals surface area contributed by atoms with E-state index in [1.807, 2.05) is 0 Å². The topological polar surface area (TPSA) is 197 Å². The van der Waals surface area contributed by atoms with Gasteiger partial charge in [0.05, 0.1) is 31.4 Å². The Bertz CT molecular complexity index is 1680. The molecule has 0 radical (unpaired) electrons. The molecule has 2 aliphatic heterocycles. The normalized spacial score (nSPS) is 14.2. The Morgan fingerprint density at radius 3 is 1.52 bits per heavy atom. The molecule has 0 unspecified atom stereocenters. The highest BCUT2D eigenvalue weighted by Gasteiger charge is 2.18. The molecular formula is C32H34N8O8. The molecule has 2 aromatic carbocycles. The third-order valence-electron chi connectivity index (χ3n) is 6.93. The number of benzene rings is 2. The predicted molar refractivity (Wildman–Crippen MR) is 175 cm³/mol. The standard InChI is InChI=1S/C16H16N4O5.C16H18N4O3/c21-16(19-7-9-24-10-8-19)18-15-11-14(5-6-17-15)25-13-3-1-12(2-4-13)20(22)23;17-12-1-3-13(4-2-12)23-14-5-6-18-15(11-14)19-16(21)20-7-9-22-10-8-20/h1-6,11H,7-10H2,(H,17,18,21);1-6,11H,7-10,17H2,(H,18,19,21). The second-order valence-electron chi connectivity index (χ2n) is 10.3. The number of amides is 4. The summed E-state index contributed by atoms with van der Waals surface area (Å²) < 4.78 is 21.8. The lowest BCUT2D eigenvalue weighted by Gasteiger charge is -2.26. The van der Waals surface area contributed by atoms with Crippen molar-refractivity contribution in [3.63, 3.8) is 0 Å². The molecule has 2 fully saturated rings. The van der Waals surface area contributed by atoms with Crippen LogP contribution in [-0.2, 0) is 9.47 Å². The number of nitro benzene ring substituents is 1. The molecule has 16 nitrogen and oxygen atoms in total. The number of pyridine rings is 2. The number of nitrogens with two attached hydrogens (primary N) is 1. The number of morpholine rings is 2. The fourth-order valence-electron chi connectivity index (χ4n) is 4.44. The van der Waals surface area contributed by atoms with Gasteiger partial charge >= 0.3 is 12.1 Å². The third-order valence-corrected chi connectivity index (χ3v) is 6.93. The number of carbonyl (C=O) groups is 2. The van der Waals surface area contributed by atoms with E-state index in [2.05, 4.69) is 20.6 Å². The summed E-state index contributed by atoms with van der Waals surface area (Å²) in [5, 5.41) is 16.1. The SMILES string of the molecule is Nc1ccc(Oc2ccnc(NC(=O)N3CCOCC3)c2)cc1.O=C(Nc1cc(Oc2ccc([N+](=O)[O-])cc2)ccn1)N1CCOCC1. The van der Waals surface area contributed by atoms with E-state index < -0.39 is 4.92 Å². The lowest BCUT2D eigenvalue weighted by atomic mass is 10.3. The van der Waals surface area contributed by atoms with Gasteiger partial charge in [-0.25, -0.2) is 19.6 Å². The Kier molecular flexibility index (Phi) is 11.5. The molecule has 4 amide bonds. The molecule has 6 rings (SSSR count). The minimum absolute atomic E-state index is 0.0134. The fraction of sp³-hybridized carbons (Fsp3) is 0.250. The molecule has 2 aromatic heterocycles. The van der Waals surface area contributed by atoms with Crippen molar-refractivity contribution in [2.45, 2.75) is 0 Å². The summed E-state index contributed by atoms with van der Waals surface area (Å²) in [4.78, 5) is 46.0. The maximum absolute atomic E-state index is 12.2. The Morgan fingerprint density at radius 2 is 1.10 bits per heavy atom. The fourth-order valence-corrected chi connectivity index (χ4v) is 4.44. The minimum atomic E-state index is -0.477. The summed E-state index contributed by atoms with van der Waals surface area (Å²) in [5.41, 5.74) is 6.30. The number of aromatic nitrogens is 2. The number of ether oxygens (including phenoxy) is 4. The van der Waals surface area contributed by atoms with Crippen LogP contribution in [0.5, 0.6) is 23.0 Å². The highest BCUT2D eigenvalue weighted by atomic mass is 16.6. The molecular weight excluding hydrogens is 624 g/mol. The lowest BCUT2D eigenvalue weighted by molar-refractivity contribution is -0.384. The number of hydrogen-bond donors (Lipinski definition) is 3. The van der Waals surface area contributed by atoms with Crippen LogP contribution < -0.4 is 25.8 Å². The maximum atomic E-state index is 12.2. The van der Waals surface area contributed by atoms with E-state index in [1.165, 1.54) is 30.5 Å². The lowest BCUT2D eigenvalue weighted by Crippen LogP contribution is -2.43. The minimum Gasteiger partial charge on any atom is -0.457 e. The molecule has 2 aliphatic rings. The molecule has 48 heavy (non-hydrogen) atoms. The van der Waals surface area contributed by atoms with Crippen LogP contribution in [0.25, 0.3) is 0 Å². The molecule has 4 heterocycles. The second kappa shape index (κ2) is 16.5. The van der Waals surface area contributed by atoms with Gasteiger partial charge < -0.3 is 34.5 Å². The average molecular weight is 659 g/mol. The van der Waals surface area contributed by atoms with Crippen LogP contribution in [0.3, 0.4) is 0 Å². The average Bonchev–Trinajstić information content (AvgIpc) is 3.11. The van der Waals surface area contributed by atoms with Gasteiger partial charge in [-0.3, -0.25) is 20.7 Å². The Morgan fingerprint density at radius 1 is 0.688 bits per heavy atom. The predicted octanol–water partition coefficient (Wildman–Crippen LogP) is 4.97. The molecule has 250 valence electrons. The zero-order chi connectivity index (χ0) is 33.7. The number of urea groups is 2. The van der Waals surface area contributed by atoms with E-state index >= 15 is 0 Å². The first-order valence-electron chi connectivity index (χ1n) is 15.0. The van der Waals surface area contributed by atoms with Crippen molar-refractivity contribution in [2.75, 3.05) is 69.0 Å². The van der Waals surface area contributed by atoms with Crippen molar-refractivity contribution in [2.24, 2.45) is 0 Å². The summed E-state index contributed by atoms with van der Waals surface area (Å²) in [6.45, 7) is 4.37. The van der Waals surface area contributed by atoms with E-state index in [4.69, 9.17) is 24.7 Å². The summed E-state index contributed by atoms with van der Waals surface area (Å²) in [6, 6.07) is 19.0. The van der Waals surface area contributed by atoms with Gasteiger partial charge in [0.1, 0.15) is 34.6 Å². The first-order valence-corrected chi connectivity index (χ1v) is 15.0. The van der Waals surface area contributed by atoms with Crippen LogP contribution in [0, 0.1) is 10.1 Å². The van der Waals surface area contributed by atoms with Gasteiger partial charge in [0.2, 0.25) is 0 Å². The van der Waals surface area contributed by atoms with Crippen LogP contribution >= 0.6 is 0 Å². The van der Waals surface area contributed by atoms with Crippen molar-refractivity contribution in [3.05, 3.63) is 95.3 Å². The monoisotopic (exact) mass is 658 g/mol. The second-order valence-corrected chi connectivity index (χ2v) is 10.3. The Hall–Kier alpha value is -6.00. The van der Waals surface area contributed by atoms with Gasteiger partial charge in [-0.1, -0.05) is 0 Å². The Labute approximate surface area is 275 Å². The van der Waals surface area contributed by atoms with Crippen LogP contribution in [0.2, 0.25) is 0 Å². The number of carbonyl (C=O) groups excluding carboxylic acids is 2. The van der Waals surface area contributed by atoms with E-state index in [0.29, 0.717) is 92.9 Å². The van der Waals surface area contributed by atoms with Gasteiger partial charge in [0, 0.05) is 68.5 Å². The largest absolute Gasteiger partial charge is 0.457 e. The molecule has 0 atom stereocenters. The van der Waals surface area contributed by atoms with Crippen molar-refractivity contribution < 1.29 is 33.5 Å². The van der Waals surface area contributed by atoms with Crippen molar-refractivity contribution in [1.82, 2.24) is 19.8 Å². The quantitative estimate of drug-likeness (QED) is 0.138. The molecule has 4 N–H and O–H groups in total. The highest BCUT2D eigenvalue weighted by molar-refractivity contribution is 5.89. The van der Waals surface area contributed by atoms with E-state index in [0.717, 1.165) is 0 Å².